The van der Waals surface area contributed by atoms with Gasteiger partial charge in [-0.05, 0) is 31.4 Å². The van der Waals surface area contributed by atoms with E-state index in [9.17, 15) is 4.79 Å². The Hall–Kier alpha value is -2.30. The summed E-state index contributed by atoms with van der Waals surface area (Å²) in [7, 11) is 1.75. The molecule has 3 rings (SSSR count). The minimum atomic E-state index is -0.135. The first-order valence-electron chi connectivity index (χ1n) is 7.55. The van der Waals surface area contributed by atoms with Crippen LogP contribution in [0.2, 0.25) is 0 Å². The van der Waals surface area contributed by atoms with Crippen molar-refractivity contribution < 1.29 is 14.1 Å². The molecular formula is C17H20N2O3. The number of carbonyl (C=O) groups is 1. The van der Waals surface area contributed by atoms with Crippen molar-refractivity contribution in [2.24, 2.45) is 0 Å². The molecule has 1 heterocycles. The van der Waals surface area contributed by atoms with E-state index in [0.29, 0.717) is 24.8 Å². The summed E-state index contributed by atoms with van der Waals surface area (Å²) in [6, 6.07) is 9.60. The molecule has 0 aliphatic heterocycles. The Morgan fingerprint density at radius 3 is 2.91 bits per heavy atom. The largest absolute Gasteiger partial charge is 0.491 e. The lowest BCUT2D eigenvalue weighted by Gasteiger charge is -2.16. The van der Waals surface area contributed by atoms with E-state index in [2.05, 4.69) is 5.16 Å². The minimum absolute atomic E-state index is 0.135. The predicted molar refractivity (Wildman–Crippen MR) is 82.1 cm³/mol. The van der Waals surface area contributed by atoms with Crippen molar-refractivity contribution in [2.75, 3.05) is 20.2 Å². The quantitative estimate of drug-likeness (QED) is 0.823. The summed E-state index contributed by atoms with van der Waals surface area (Å²) in [6.07, 6.45) is 2.26. The van der Waals surface area contributed by atoms with Gasteiger partial charge in [0, 0.05) is 19.0 Å². The molecule has 0 N–H and O–H groups in total. The second-order valence-electron chi connectivity index (χ2n) is 5.73. The molecular weight excluding hydrogens is 280 g/mol. The fraction of sp³-hybridized carbons (Fsp3) is 0.412. The van der Waals surface area contributed by atoms with Crippen LogP contribution in [-0.4, -0.2) is 36.2 Å². The Morgan fingerprint density at radius 2 is 2.18 bits per heavy atom. The lowest BCUT2D eigenvalue weighted by Crippen LogP contribution is -2.31. The second-order valence-corrected chi connectivity index (χ2v) is 5.73. The topological polar surface area (TPSA) is 55.6 Å². The molecule has 5 nitrogen and oxygen atoms in total. The molecule has 0 saturated heterocycles. The first-order valence-corrected chi connectivity index (χ1v) is 7.55. The van der Waals surface area contributed by atoms with E-state index < -0.39 is 0 Å². The number of hydrogen-bond acceptors (Lipinski definition) is 4. The predicted octanol–water partition coefficient (Wildman–Crippen LogP) is 3.01. The number of para-hydroxylation sites is 1. The maximum Gasteiger partial charge on any atom is 0.275 e. The lowest BCUT2D eigenvalue weighted by atomic mass is 10.2. The van der Waals surface area contributed by atoms with Crippen LogP contribution in [0.4, 0.5) is 0 Å². The maximum absolute atomic E-state index is 12.3. The van der Waals surface area contributed by atoms with Crippen LogP contribution in [-0.2, 0) is 0 Å². The molecule has 22 heavy (non-hydrogen) atoms. The van der Waals surface area contributed by atoms with Crippen molar-refractivity contribution in [2.45, 2.75) is 25.7 Å². The molecule has 1 aliphatic carbocycles. The fourth-order valence-corrected chi connectivity index (χ4v) is 2.26. The molecule has 1 saturated carbocycles. The lowest BCUT2D eigenvalue weighted by molar-refractivity contribution is 0.0763. The number of aryl methyl sites for hydroxylation is 1. The number of benzene rings is 1. The Balaban J connectivity index is 1.51. The SMILES string of the molecule is Cc1ccccc1OCCN(C)C(=O)c1cc(C2CC2)on1. The molecule has 0 bridgehead atoms. The van der Waals surface area contributed by atoms with Crippen LogP contribution in [0.1, 0.15) is 40.6 Å². The number of likely N-dealkylation sites (N-methyl/N-ethyl adjacent to an activating group) is 1. The monoisotopic (exact) mass is 300 g/mol. The Labute approximate surface area is 129 Å². The molecule has 0 atom stereocenters. The van der Waals surface area contributed by atoms with Crippen molar-refractivity contribution >= 4 is 5.91 Å². The standard InChI is InChI=1S/C17H20N2O3/c1-12-5-3-4-6-15(12)21-10-9-19(2)17(20)14-11-16(22-18-14)13-7-8-13/h3-6,11,13H,7-10H2,1-2H3. The second kappa shape index (κ2) is 6.22. The zero-order chi connectivity index (χ0) is 15.5. The number of amides is 1. The molecule has 0 unspecified atom stereocenters. The highest BCUT2D eigenvalue weighted by atomic mass is 16.5. The highest BCUT2D eigenvalue weighted by Gasteiger charge is 2.29. The molecule has 1 aromatic heterocycles. The summed E-state index contributed by atoms with van der Waals surface area (Å²) in [5, 5.41) is 3.87. The summed E-state index contributed by atoms with van der Waals surface area (Å²) in [5.74, 6) is 2.00. The van der Waals surface area contributed by atoms with Gasteiger partial charge in [-0.2, -0.15) is 0 Å². The third-order valence-corrected chi connectivity index (χ3v) is 3.85. The van der Waals surface area contributed by atoms with Crippen LogP contribution in [0.25, 0.3) is 0 Å². The number of aromatic nitrogens is 1. The van der Waals surface area contributed by atoms with Gasteiger partial charge >= 0.3 is 0 Å². The summed E-state index contributed by atoms with van der Waals surface area (Å²) in [6.45, 7) is 2.94. The molecule has 5 heteroatoms. The highest BCUT2D eigenvalue weighted by Crippen LogP contribution is 2.40. The molecule has 0 radical (unpaired) electrons. The van der Waals surface area contributed by atoms with E-state index in [-0.39, 0.29) is 5.91 Å². The number of nitrogens with zero attached hydrogens (tertiary/aromatic N) is 2. The smallest absolute Gasteiger partial charge is 0.275 e. The van der Waals surface area contributed by atoms with Gasteiger partial charge in [-0.15, -0.1) is 0 Å². The van der Waals surface area contributed by atoms with Gasteiger partial charge in [-0.25, -0.2) is 0 Å². The van der Waals surface area contributed by atoms with E-state index in [4.69, 9.17) is 9.26 Å². The number of carbonyl (C=O) groups excluding carboxylic acids is 1. The van der Waals surface area contributed by atoms with Crippen LogP contribution < -0.4 is 4.74 Å². The van der Waals surface area contributed by atoms with Crippen molar-refractivity contribution in [1.29, 1.82) is 0 Å². The van der Waals surface area contributed by atoms with Gasteiger partial charge in [0.05, 0.1) is 6.54 Å². The molecule has 1 aliphatic rings. The zero-order valence-corrected chi connectivity index (χ0v) is 12.9. The molecule has 0 spiro atoms. The van der Waals surface area contributed by atoms with Crippen LogP contribution in [0.5, 0.6) is 5.75 Å². The number of rotatable bonds is 6. The van der Waals surface area contributed by atoms with Gasteiger partial charge in [0.25, 0.3) is 5.91 Å². The fourth-order valence-electron chi connectivity index (χ4n) is 2.26. The summed E-state index contributed by atoms with van der Waals surface area (Å²) >= 11 is 0. The maximum atomic E-state index is 12.3. The van der Waals surface area contributed by atoms with Crippen molar-refractivity contribution in [3.8, 4) is 5.75 Å². The van der Waals surface area contributed by atoms with Crippen molar-refractivity contribution in [3.63, 3.8) is 0 Å². The summed E-state index contributed by atoms with van der Waals surface area (Å²) in [5.41, 5.74) is 1.46. The van der Waals surface area contributed by atoms with Crippen LogP contribution in [0, 0.1) is 6.92 Å². The van der Waals surface area contributed by atoms with Crippen molar-refractivity contribution in [3.05, 3.63) is 47.3 Å². The van der Waals surface area contributed by atoms with Gasteiger partial charge in [0.1, 0.15) is 18.1 Å². The summed E-state index contributed by atoms with van der Waals surface area (Å²) < 4.78 is 10.9. The normalized spacial score (nSPS) is 13.9. The van der Waals surface area contributed by atoms with Crippen LogP contribution in [0.3, 0.4) is 0 Å². The number of hydrogen-bond donors (Lipinski definition) is 0. The van der Waals surface area contributed by atoms with Crippen LogP contribution in [0.15, 0.2) is 34.9 Å². The minimum Gasteiger partial charge on any atom is -0.491 e. The van der Waals surface area contributed by atoms with Gasteiger partial charge in [0.2, 0.25) is 0 Å². The number of ether oxygens (including phenoxy) is 1. The molecule has 1 aromatic carbocycles. The van der Waals surface area contributed by atoms with E-state index in [1.807, 2.05) is 31.2 Å². The van der Waals surface area contributed by atoms with Gasteiger partial charge < -0.3 is 14.2 Å². The van der Waals surface area contributed by atoms with Crippen molar-refractivity contribution in [1.82, 2.24) is 10.1 Å². The summed E-state index contributed by atoms with van der Waals surface area (Å²) in [4.78, 5) is 13.9. The van der Waals surface area contributed by atoms with E-state index in [1.54, 1.807) is 18.0 Å². The molecule has 116 valence electrons. The zero-order valence-electron chi connectivity index (χ0n) is 12.9. The third kappa shape index (κ3) is 3.30. The first-order chi connectivity index (χ1) is 10.6. The van der Waals surface area contributed by atoms with Gasteiger partial charge in [-0.3, -0.25) is 4.79 Å². The van der Waals surface area contributed by atoms with E-state index >= 15 is 0 Å². The highest BCUT2D eigenvalue weighted by molar-refractivity contribution is 5.92. The van der Waals surface area contributed by atoms with E-state index in [0.717, 1.165) is 29.9 Å². The van der Waals surface area contributed by atoms with Gasteiger partial charge in [0.15, 0.2) is 5.69 Å². The van der Waals surface area contributed by atoms with Crippen LogP contribution >= 0.6 is 0 Å². The Kier molecular flexibility index (Phi) is 4.13. The average Bonchev–Trinajstić information content (AvgIpc) is 3.26. The van der Waals surface area contributed by atoms with Gasteiger partial charge in [-0.1, -0.05) is 23.4 Å². The molecule has 1 amide bonds. The molecule has 2 aromatic rings. The third-order valence-electron chi connectivity index (χ3n) is 3.85. The average molecular weight is 300 g/mol. The first kappa shape index (κ1) is 14.6. The molecule has 1 fully saturated rings. The van der Waals surface area contributed by atoms with E-state index in [1.165, 1.54) is 0 Å². The Bertz CT molecular complexity index is 661. The Morgan fingerprint density at radius 1 is 1.41 bits per heavy atom.